The topological polar surface area (TPSA) is 124 Å². The molecule has 2 aromatic carbocycles. The van der Waals surface area contributed by atoms with Crippen molar-refractivity contribution in [1.29, 1.82) is 0 Å². The lowest BCUT2D eigenvalue weighted by molar-refractivity contribution is 0.103. The molecule has 1 atom stereocenters. The summed E-state index contributed by atoms with van der Waals surface area (Å²) in [6.07, 6.45) is 3.21. The number of aromatic amines is 1. The molecule has 0 spiro atoms. The van der Waals surface area contributed by atoms with Crippen LogP contribution in [-0.2, 0) is 21.3 Å². The van der Waals surface area contributed by atoms with Crippen LogP contribution in [0.1, 0.15) is 29.3 Å². The first-order chi connectivity index (χ1) is 18.0. The van der Waals surface area contributed by atoms with Crippen LogP contribution in [0.4, 0.5) is 14.5 Å². The zero-order chi connectivity index (χ0) is 27.8. The second-order valence-electron chi connectivity index (χ2n) is 8.55. The SMILES string of the molecule is CCCN(c1ccc(F)c(C(=O)c2c[nH]c3ncc(-c4ccc(S(=O)(=O)N(C)C)cc4)cc23)c1F)S(=O)O. The highest BCUT2D eigenvalue weighted by Gasteiger charge is 2.27. The van der Waals surface area contributed by atoms with Gasteiger partial charge < -0.3 is 4.98 Å². The molecule has 0 aliphatic rings. The normalized spacial score (nSPS) is 12.7. The van der Waals surface area contributed by atoms with Gasteiger partial charge in [0, 0.05) is 49.5 Å². The highest BCUT2D eigenvalue weighted by molar-refractivity contribution is 7.89. The van der Waals surface area contributed by atoms with Crippen LogP contribution in [0.2, 0.25) is 0 Å². The molecule has 2 N–H and O–H groups in total. The highest BCUT2D eigenvalue weighted by atomic mass is 32.2. The Balaban J connectivity index is 1.77. The largest absolute Gasteiger partial charge is 0.345 e. The average Bonchev–Trinajstić information content (AvgIpc) is 3.31. The van der Waals surface area contributed by atoms with Crippen molar-refractivity contribution in [3.63, 3.8) is 0 Å². The number of hydrogen-bond donors (Lipinski definition) is 2. The van der Waals surface area contributed by atoms with E-state index in [1.54, 1.807) is 25.1 Å². The maximum atomic E-state index is 15.4. The van der Waals surface area contributed by atoms with E-state index in [9.17, 15) is 26.4 Å². The summed E-state index contributed by atoms with van der Waals surface area (Å²) in [6.45, 7) is 1.73. The summed E-state index contributed by atoms with van der Waals surface area (Å²) in [5.74, 6) is -3.34. The zero-order valence-corrected chi connectivity index (χ0v) is 22.2. The van der Waals surface area contributed by atoms with Gasteiger partial charge in [0.25, 0.3) is 11.3 Å². The number of aromatic nitrogens is 2. The molecule has 0 aliphatic heterocycles. The molecule has 4 aromatic rings. The molecule has 0 saturated carbocycles. The average molecular weight is 563 g/mol. The number of fused-ring (bicyclic) bond motifs is 1. The summed E-state index contributed by atoms with van der Waals surface area (Å²) >= 11 is -2.58. The molecule has 2 heterocycles. The first-order valence-electron chi connectivity index (χ1n) is 11.4. The standard InChI is InChI=1S/C25H24F2N4O5S2/c1-4-11-31(37(33)34)21-10-9-20(26)22(23(21)27)24(32)19-14-29-25-18(19)12-16(13-28-25)15-5-7-17(8-6-15)38(35,36)30(2)3/h5-10,12-14H,4,11H2,1-3H3,(H,28,29)(H,33,34). The molecule has 0 amide bonds. The van der Waals surface area contributed by atoms with E-state index in [1.807, 2.05) is 0 Å². The van der Waals surface area contributed by atoms with Crippen LogP contribution in [0.25, 0.3) is 22.2 Å². The minimum Gasteiger partial charge on any atom is -0.345 e. The van der Waals surface area contributed by atoms with Crippen molar-refractivity contribution in [1.82, 2.24) is 14.3 Å². The lowest BCUT2D eigenvalue weighted by atomic mass is 9.99. The molecule has 1 unspecified atom stereocenters. The fraction of sp³-hybridized carbons (Fsp3) is 0.200. The van der Waals surface area contributed by atoms with Crippen molar-refractivity contribution >= 4 is 43.8 Å². The Morgan fingerprint density at radius 1 is 1.11 bits per heavy atom. The number of nitrogens with one attached hydrogen (secondary N) is 1. The number of pyridine rings is 1. The van der Waals surface area contributed by atoms with Crippen LogP contribution in [0, 0.1) is 11.6 Å². The van der Waals surface area contributed by atoms with Gasteiger partial charge in [-0.3, -0.25) is 13.7 Å². The smallest absolute Gasteiger partial charge is 0.261 e. The van der Waals surface area contributed by atoms with E-state index in [-0.39, 0.29) is 28.1 Å². The van der Waals surface area contributed by atoms with Gasteiger partial charge in [-0.25, -0.2) is 30.7 Å². The third kappa shape index (κ3) is 4.97. The van der Waals surface area contributed by atoms with E-state index < -0.39 is 44.3 Å². The molecule has 9 nitrogen and oxygen atoms in total. The molecule has 0 saturated heterocycles. The van der Waals surface area contributed by atoms with E-state index in [0.717, 1.165) is 20.7 Å². The predicted octanol–water partition coefficient (Wildman–Crippen LogP) is 4.34. The van der Waals surface area contributed by atoms with Gasteiger partial charge in [0.2, 0.25) is 15.8 Å². The van der Waals surface area contributed by atoms with Gasteiger partial charge in [0.1, 0.15) is 11.5 Å². The fourth-order valence-corrected chi connectivity index (χ4v) is 5.49. The van der Waals surface area contributed by atoms with Gasteiger partial charge in [0.15, 0.2) is 5.82 Å². The van der Waals surface area contributed by atoms with Crippen LogP contribution < -0.4 is 4.31 Å². The van der Waals surface area contributed by atoms with Gasteiger partial charge in [-0.1, -0.05) is 19.1 Å². The molecule has 13 heteroatoms. The first-order valence-corrected chi connectivity index (χ1v) is 13.9. The number of benzene rings is 2. The molecule has 0 bridgehead atoms. The van der Waals surface area contributed by atoms with Crippen molar-refractivity contribution in [2.75, 3.05) is 24.9 Å². The summed E-state index contributed by atoms with van der Waals surface area (Å²) in [7, 11) is -0.762. The number of carbonyl (C=O) groups is 1. The molecule has 0 fully saturated rings. The fourth-order valence-electron chi connectivity index (χ4n) is 3.94. The quantitative estimate of drug-likeness (QED) is 0.231. The molecular weight excluding hydrogens is 538 g/mol. The van der Waals surface area contributed by atoms with Gasteiger partial charge in [-0.05, 0) is 42.3 Å². The third-order valence-corrected chi connectivity index (χ3v) is 8.51. The second-order valence-corrected chi connectivity index (χ2v) is 11.6. The highest BCUT2D eigenvalue weighted by Crippen LogP contribution is 2.31. The van der Waals surface area contributed by atoms with E-state index in [4.69, 9.17) is 0 Å². The van der Waals surface area contributed by atoms with Crippen LogP contribution in [0.5, 0.6) is 0 Å². The zero-order valence-electron chi connectivity index (χ0n) is 20.6. The summed E-state index contributed by atoms with van der Waals surface area (Å²) in [5, 5.41) is 0.290. The molecule has 2 aromatic heterocycles. The monoisotopic (exact) mass is 562 g/mol. The lowest BCUT2D eigenvalue weighted by Gasteiger charge is -2.20. The molecule has 0 radical (unpaired) electrons. The van der Waals surface area contributed by atoms with Crippen LogP contribution in [-0.4, -0.2) is 57.9 Å². The van der Waals surface area contributed by atoms with Crippen LogP contribution in [0.15, 0.2) is 59.8 Å². The predicted molar refractivity (Wildman–Crippen MR) is 141 cm³/mol. The molecule has 200 valence electrons. The summed E-state index contributed by atoms with van der Waals surface area (Å²) < 4.78 is 78.1. The van der Waals surface area contributed by atoms with Crippen LogP contribution >= 0.6 is 0 Å². The summed E-state index contributed by atoms with van der Waals surface area (Å²) in [6, 6.07) is 9.57. The van der Waals surface area contributed by atoms with Gasteiger partial charge in [-0.15, -0.1) is 0 Å². The van der Waals surface area contributed by atoms with E-state index in [2.05, 4.69) is 9.97 Å². The Kier molecular flexibility index (Phi) is 7.74. The number of H-pyrrole nitrogens is 1. The number of anilines is 1. The van der Waals surface area contributed by atoms with Crippen molar-refractivity contribution in [3.8, 4) is 11.1 Å². The molecule has 0 aliphatic carbocycles. The molecular formula is C25H24F2N4O5S2. The minimum atomic E-state index is -3.62. The summed E-state index contributed by atoms with van der Waals surface area (Å²) in [5.41, 5.74) is 0.159. The van der Waals surface area contributed by atoms with E-state index >= 15 is 4.39 Å². The minimum absolute atomic E-state index is 0.00823. The Morgan fingerprint density at radius 3 is 2.39 bits per heavy atom. The number of ketones is 1. The number of carbonyl (C=O) groups excluding carboxylic acids is 1. The van der Waals surface area contributed by atoms with Gasteiger partial charge in [-0.2, -0.15) is 0 Å². The number of hydrogen-bond acceptors (Lipinski definition) is 5. The summed E-state index contributed by atoms with van der Waals surface area (Å²) in [4.78, 5) is 20.6. The number of rotatable bonds is 9. The molecule has 38 heavy (non-hydrogen) atoms. The van der Waals surface area contributed by atoms with Crippen molar-refractivity contribution in [2.24, 2.45) is 0 Å². The maximum absolute atomic E-state index is 15.4. The van der Waals surface area contributed by atoms with Crippen molar-refractivity contribution in [2.45, 2.75) is 18.2 Å². The third-order valence-electron chi connectivity index (χ3n) is 5.92. The number of nitrogens with zero attached hydrogens (tertiary/aromatic N) is 3. The lowest BCUT2D eigenvalue weighted by Crippen LogP contribution is -2.27. The van der Waals surface area contributed by atoms with E-state index in [1.165, 1.54) is 38.6 Å². The maximum Gasteiger partial charge on any atom is 0.261 e. The van der Waals surface area contributed by atoms with Crippen molar-refractivity contribution in [3.05, 3.63) is 77.6 Å². The Hall–Kier alpha value is -3.52. The first kappa shape index (κ1) is 27.5. The van der Waals surface area contributed by atoms with E-state index in [0.29, 0.717) is 23.2 Å². The van der Waals surface area contributed by atoms with Gasteiger partial charge >= 0.3 is 0 Å². The van der Waals surface area contributed by atoms with Crippen molar-refractivity contribution < 1.29 is 30.8 Å². The number of sulfonamides is 1. The van der Waals surface area contributed by atoms with Gasteiger partial charge in [0.05, 0.1) is 16.1 Å². The number of halogens is 2. The Morgan fingerprint density at radius 2 is 1.79 bits per heavy atom. The van der Waals surface area contributed by atoms with Crippen LogP contribution in [0.3, 0.4) is 0 Å². The second kappa shape index (κ2) is 10.7. The Bertz CT molecular complexity index is 1650. The Labute approximate surface area is 220 Å². The molecule has 4 rings (SSSR count).